The molecule has 1 amide bonds. The van der Waals surface area contributed by atoms with E-state index in [1.54, 1.807) is 23.1 Å². The Balaban J connectivity index is 1.44. The summed E-state index contributed by atoms with van der Waals surface area (Å²) in [6, 6.07) is 25.9. The molecule has 0 aliphatic rings. The Bertz CT molecular complexity index is 1080. The van der Waals surface area contributed by atoms with Crippen molar-refractivity contribution < 1.29 is 4.79 Å². The van der Waals surface area contributed by atoms with Crippen LogP contribution in [-0.2, 0) is 11.3 Å². The summed E-state index contributed by atoms with van der Waals surface area (Å²) in [4.78, 5) is 20.9. The number of anilines is 1. The van der Waals surface area contributed by atoms with Crippen molar-refractivity contribution in [3.63, 3.8) is 0 Å². The van der Waals surface area contributed by atoms with Crippen LogP contribution in [0.1, 0.15) is 18.4 Å². The first-order valence-electron chi connectivity index (χ1n) is 9.77. The van der Waals surface area contributed by atoms with E-state index in [4.69, 9.17) is 16.6 Å². The van der Waals surface area contributed by atoms with Crippen LogP contribution in [0, 0.1) is 0 Å². The van der Waals surface area contributed by atoms with Crippen LogP contribution in [0.3, 0.4) is 0 Å². The maximum atomic E-state index is 13.1. The molecule has 0 aliphatic heterocycles. The molecule has 0 N–H and O–H groups in total. The minimum absolute atomic E-state index is 0.106. The molecule has 0 saturated carbocycles. The van der Waals surface area contributed by atoms with E-state index in [1.165, 1.54) is 4.90 Å². The Morgan fingerprint density at radius 3 is 2.47 bits per heavy atom. The van der Waals surface area contributed by atoms with Crippen molar-refractivity contribution in [3.8, 4) is 0 Å². The van der Waals surface area contributed by atoms with Gasteiger partial charge >= 0.3 is 0 Å². The number of nitrogens with zero attached hydrogens (tertiary/aromatic N) is 2. The number of halogens is 1. The van der Waals surface area contributed by atoms with E-state index in [-0.39, 0.29) is 5.91 Å². The zero-order valence-electron chi connectivity index (χ0n) is 16.3. The Morgan fingerprint density at radius 2 is 1.70 bits per heavy atom. The van der Waals surface area contributed by atoms with Gasteiger partial charge in [-0.25, -0.2) is 4.98 Å². The minimum atomic E-state index is 0.106. The average Bonchev–Trinajstić information content (AvgIpc) is 3.21. The highest BCUT2D eigenvalue weighted by Crippen LogP contribution is 2.30. The van der Waals surface area contributed by atoms with Crippen molar-refractivity contribution in [3.05, 3.63) is 89.4 Å². The second kappa shape index (κ2) is 10.1. The Hall–Kier alpha value is -2.34. The van der Waals surface area contributed by atoms with Gasteiger partial charge in [0, 0.05) is 16.3 Å². The lowest BCUT2D eigenvalue weighted by Crippen LogP contribution is -2.30. The third-order valence-electron chi connectivity index (χ3n) is 4.62. The molecule has 0 fully saturated rings. The molecule has 0 spiro atoms. The van der Waals surface area contributed by atoms with E-state index >= 15 is 0 Å². The van der Waals surface area contributed by atoms with Gasteiger partial charge in [0.2, 0.25) is 5.91 Å². The lowest BCUT2D eigenvalue weighted by atomic mass is 10.2. The van der Waals surface area contributed by atoms with Crippen LogP contribution in [0.5, 0.6) is 0 Å². The molecule has 6 heteroatoms. The number of thiazole rings is 1. The second-order valence-corrected chi connectivity index (χ2v) is 9.45. The van der Waals surface area contributed by atoms with Crippen LogP contribution in [0.15, 0.2) is 83.8 Å². The molecule has 4 aromatic rings. The van der Waals surface area contributed by atoms with Gasteiger partial charge in [-0.15, -0.1) is 11.8 Å². The number of rotatable bonds is 8. The molecule has 1 heterocycles. The molecule has 4 rings (SSSR count). The van der Waals surface area contributed by atoms with Crippen molar-refractivity contribution in [2.75, 3.05) is 10.7 Å². The highest BCUT2D eigenvalue weighted by molar-refractivity contribution is 7.99. The van der Waals surface area contributed by atoms with Crippen LogP contribution < -0.4 is 4.90 Å². The van der Waals surface area contributed by atoms with E-state index < -0.39 is 0 Å². The molecular weight excluding hydrogens is 432 g/mol. The van der Waals surface area contributed by atoms with Crippen LogP contribution in [0.2, 0.25) is 5.02 Å². The third kappa shape index (κ3) is 5.42. The third-order valence-corrected chi connectivity index (χ3v) is 7.03. The van der Waals surface area contributed by atoms with E-state index in [0.29, 0.717) is 13.0 Å². The monoisotopic (exact) mass is 452 g/mol. The fourth-order valence-corrected chi connectivity index (χ4v) is 5.04. The number of carbonyl (C=O) groups is 1. The summed E-state index contributed by atoms with van der Waals surface area (Å²) in [6.07, 6.45) is 1.30. The first kappa shape index (κ1) is 20.9. The molecule has 0 bridgehead atoms. The first-order chi connectivity index (χ1) is 14.7. The number of benzene rings is 3. The predicted octanol–water partition coefficient (Wildman–Crippen LogP) is 7.06. The van der Waals surface area contributed by atoms with Crippen LogP contribution in [-0.4, -0.2) is 16.6 Å². The number of fused-ring (bicyclic) bond motifs is 1. The Kier molecular flexibility index (Phi) is 7.05. The molecule has 30 heavy (non-hydrogen) atoms. The number of aromatic nitrogens is 1. The highest BCUT2D eigenvalue weighted by Gasteiger charge is 2.19. The van der Waals surface area contributed by atoms with Gasteiger partial charge in [0.05, 0.1) is 16.8 Å². The van der Waals surface area contributed by atoms with Crippen molar-refractivity contribution in [2.24, 2.45) is 0 Å². The van der Waals surface area contributed by atoms with Crippen LogP contribution >= 0.6 is 34.7 Å². The molecule has 0 unspecified atom stereocenters. The molecule has 0 radical (unpaired) electrons. The number of amides is 1. The van der Waals surface area contributed by atoms with Crippen molar-refractivity contribution >= 4 is 56.0 Å². The maximum absolute atomic E-state index is 13.1. The Labute approximate surface area is 189 Å². The molecular formula is C24H21ClN2OS2. The standard InChI is InChI=1S/C24H21ClN2OS2/c25-19-12-14-20(15-13-19)29-16-6-11-23(28)27(17-18-7-2-1-3-8-18)24-26-21-9-4-5-10-22(21)30-24/h1-5,7-10,12-15H,6,11,16-17H2. The van der Waals surface area contributed by atoms with E-state index in [2.05, 4.69) is 0 Å². The number of hydrogen-bond donors (Lipinski definition) is 0. The molecule has 1 aromatic heterocycles. The predicted molar refractivity (Wildman–Crippen MR) is 129 cm³/mol. The normalized spacial score (nSPS) is 11.0. The topological polar surface area (TPSA) is 33.2 Å². The van der Waals surface area contributed by atoms with Gasteiger partial charge in [-0.2, -0.15) is 0 Å². The zero-order chi connectivity index (χ0) is 20.8. The Morgan fingerprint density at radius 1 is 0.967 bits per heavy atom. The van der Waals surface area contributed by atoms with Gasteiger partial charge in [0.25, 0.3) is 0 Å². The van der Waals surface area contributed by atoms with Gasteiger partial charge in [-0.1, -0.05) is 65.4 Å². The van der Waals surface area contributed by atoms with Crippen molar-refractivity contribution in [2.45, 2.75) is 24.3 Å². The van der Waals surface area contributed by atoms with Crippen molar-refractivity contribution in [1.82, 2.24) is 4.98 Å². The molecule has 152 valence electrons. The van der Waals surface area contributed by atoms with Gasteiger partial charge in [0.15, 0.2) is 5.13 Å². The molecule has 0 aliphatic carbocycles. The minimum Gasteiger partial charge on any atom is -0.284 e. The number of carbonyl (C=O) groups excluding carboxylic acids is 1. The summed E-state index contributed by atoms with van der Waals surface area (Å²) in [6.45, 7) is 0.532. The quantitative estimate of drug-likeness (QED) is 0.212. The van der Waals surface area contributed by atoms with Gasteiger partial charge in [-0.05, 0) is 54.1 Å². The number of hydrogen-bond acceptors (Lipinski definition) is 4. The average molecular weight is 453 g/mol. The largest absolute Gasteiger partial charge is 0.284 e. The van der Waals surface area contributed by atoms with Crippen LogP contribution in [0.25, 0.3) is 10.2 Å². The molecule has 0 atom stereocenters. The highest BCUT2D eigenvalue weighted by atomic mass is 35.5. The number of thioether (sulfide) groups is 1. The van der Waals surface area contributed by atoms with Gasteiger partial charge < -0.3 is 0 Å². The lowest BCUT2D eigenvalue weighted by Gasteiger charge is -2.20. The molecule has 3 aromatic carbocycles. The summed E-state index contributed by atoms with van der Waals surface area (Å²) in [5, 5.41) is 1.50. The van der Waals surface area contributed by atoms with Crippen LogP contribution in [0.4, 0.5) is 5.13 Å². The summed E-state index contributed by atoms with van der Waals surface area (Å²) in [7, 11) is 0. The van der Waals surface area contributed by atoms with Gasteiger partial charge in [0.1, 0.15) is 0 Å². The summed E-state index contributed by atoms with van der Waals surface area (Å²) in [5.41, 5.74) is 2.03. The smallest absolute Gasteiger partial charge is 0.229 e. The second-order valence-electron chi connectivity index (χ2n) is 6.84. The molecule has 0 saturated heterocycles. The summed E-state index contributed by atoms with van der Waals surface area (Å²) in [5.74, 6) is 0.987. The number of para-hydroxylation sites is 1. The maximum Gasteiger partial charge on any atom is 0.229 e. The zero-order valence-corrected chi connectivity index (χ0v) is 18.7. The SMILES string of the molecule is O=C(CCCSc1ccc(Cl)cc1)N(Cc1ccccc1)c1nc2ccccc2s1. The van der Waals surface area contributed by atoms with Gasteiger partial charge in [-0.3, -0.25) is 9.69 Å². The van der Waals surface area contributed by atoms with E-state index in [9.17, 15) is 4.79 Å². The first-order valence-corrected chi connectivity index (χ1v) is 12.0. The fraction of sp³-hybridized carbons (Fsp3) is 0.167. The molecule has 3 nitrogen and oxygen atoms in total. The summed E-state index contributed by atoms with van der Waals surface area (Å²) >= 11 is 9.25. The summed E-state index contributed by atoms with van der Waals surface area (Å²) < 4.78 is 1.09. The van der Waals surface area contributed by atoms with Crippen molar-refractivity contribution in [1.29, 1.82) is 0 Å². The fourth-order valence-electron chi connectivity index (χ4n) is 3.08. The van der Waals surface area contributed by atoms with E-state index in [1.807, 2.05) is 83.8 Å². The lowest BCUT2D eigenvalue weighted by molar-refractivity contribution is -0.118. The van der Waals surface area contributed by atoms with E-state index in [0.717, 1.165) is 38.1 Å².